The molecule has 2 heterocycles. The van der Waals surface area contributed by atoms with Crippen molar-refractivity contribution in [2.45, 2.75) is 27.7 Å². The van der Waals surface area contributed by atoms with E-state index in [0.717, 1.165) is 0 Å². The second kappa shape index (κ2) is 17.6. The molecule has 0 fully saturated rings. The topological polar surface area (TPSA) is 0 Å². The molecule has 0 aliphatic heterocycles. The first-order valence-corrected chi connectivity index (χ1v) is 16.3. The van der Waals surface area contributed by atoms with Crippen LogP contribution < -0.4 is 0 Å². The van der Waals surface area contributed by atoms with E-state index in [1.807, 2.05) is 6.88 Å². The molecule has 0 aromatic carbocycles. The van der Waals surface area contributed by atoms with Crippen LogP contribution in [-0.4, -0.2) is 6.88 Å². The molecule has 0 spiro atoms. The number of thiophene rings is 2. The number of hydrogen-bond donors (Lipinski definition) is 0. The first-order chi connectivity index (χ1) is 12.5. The maximum absolute atomic E-state index is 3.39. The van der Waals surface area contributed by atoms with Crippen LogP contribution in [0.4, 0.5) is 0 Å². The predicted octanol–water partition coefficient (Wildman–Crippen LogP) is 7.89. The molecular formula is C24H32Cl2S2SiZr-4. The van der Waals surface area contributed by atoms with Crippen LogP contribution >= 0.6 is 47.5 Å². The molecule has 0 nitrogen and oxygen atoms in total. The molecule has 166 valence electrons. The summed E-state index contributed by atoms with van der Waals surface area (Å²) in [6.45, 7) is 10.6. The van der Waals surface area contributed by atoms with E-state index in [4.69, 9.17) is 0 Å². The van der Waals surface area contributed by atoms with E-state index in [1.54, 1.807) is 46.0 Å². The van der Waals surface area contributed by atoms with Crippen LogP contribution in [0.5, 0.6) is 0 Å². The molecule has 30 heavy (non-hydrogen) atoms. The molecule has 2 atom stereocenters. The van der Waals surface area contributed by atoms with Crippen molar-refractivity contribution >= 4 is 65.5 Å². The van der Waals surface area contributed by atoms with Crippen LogP contribution in [0.25, 0.3) is 11.1 Å². The summed E-state index contributed by atoms with van der Waals surface area (Å²) in [4.78, 5) is 2.73. The fourth-order valence-corrected chi connectivity index (χ4v) is 4.69. The SMILES string of the molecule is CC1=[C-]C(C)C=C1c1cccs1.CC1=[C-]C(C)C=C1c1cccs1.Cl.Cl.[CH3-].[CH3-].[SiH2]=[Zr]. The Morgan fingerprint density at radius 1 is 0.767 bits per heavy atom. The third kappa shape index (κ3) is 9.67. The average Bonchev–Trinajstić information content (AvgIpc) is 3.39. The first-order valence-electron chi connectivity index (χ1n) is 8.62. The van der Waals surface area contributed by atoms with Crippen LogP contribution in [-0.2, 0) is 23.3 Å². The molecule has 0 saturated heterocycles. The van der Waals surface area contributed by atoms with E-state index in [1.165, 1.54) is 32.0 Å². The van der Waals surface area contributed by atoms with Gasteiger partial charge in [-0.05, 0) is 20.5 Å². The molecule has 0 radical (unpaired) electrons. The van der Waals surface area contributed by atoms with Crippen molar-refractivity contribution in [1.29, 1.82) is 0 Å². The monoisotopic (exact) mass is 572 g/mol. The molecule has 6 heteroatoms. The number of rotatable bonds is 2. The Bertz CT molecular complexity index is 764. The van der Waals surface area contributed by atoms with Crippen LogP contribution in [0, 0.1) is 38.8 Å². The second-order valence-corrected chi connectivity index (χ2v) is 8.13. The molecule has 2 aromatic rings. The summed E-state index contributed by atoms with van der Waals surface area (Å²) in [5, 5.41) is 4.24. The van der Waals surface area contributed by atoms with Gasteiger partial charge in [0.15, 0.2) is 0 Å². The van der Waals surface area contributed by atoms with E-state index in [9.17, 15) is 0 Å². The Hall–Kier alpha value is 0.0400. The van der Waals surface area contributed by atoms with Crippen LogP contribution in [0.3, 0.4) is 0 Å². The van der Waals surface area contributed by atoms with Gasteiger partial charge >= 0.3 is 30.2 Å². The van der Waals surface area contributed by atoms with Crippen molar-refractivity contribution in [3.8, 4) is 0 Å². The van der Waals surface area contributed by atoms with Crippen molar-refractivity contribution in [2.75, 3.05) is 0 Å². The summed E-state index contributed by atoms with van der Waals surface area (Å²) in [5.41, 5.74) is 5.34. The zero-order valence-electron chi connectivity index (χ0n) is 18.6. The first kappa shape index (κ1) is 34.6. The van der Waals surface area contributed by atoms with E-state index < -0.39 is 0 Å². The molecule has 0 saturated carbocycles. The van der Waals surface area contributed by atoms with Crippen LogP contribution in [0.2, 0.25) is 0 Å². The van der Waals surface area contributed by atoms with Gasteiger partial charge in [-0.3, -0.25) is 12.2 Å². The van der Waals surface area contributed by atoms with Gasteiger partial charge in [-0.25, -0.2) is 11.1 Å². The van der Waals surface area contributed by atoms with E-state index in [2.05, 4.69) is 87.0 Å². The number of hydrogen-bond acceptors (Lipinski definition) is 2. The summed E-state index contributed by atoms with van der Waals surface area (Å²) in [7, 11) is 0. The maximum atomic E-state index is 3.39. The quantitative estimate of drug-likeness (QED) is 0.253. The van der Waals surface area contributed by atoms with E-state index in [0.29, 0.717) is 11.8 Å². The molecule has 0 amide bonds. The molecular weight excluding hydrogens is 543 g/mol. The zero-order valence-corrected chi connectivity index (χ0v) is 25.8. The third-order valence-electron chi connectivity index (χ3n) is 4.10. The summed E-state index contributed by atoms with van der Waals surface area (Å²) < 4.78 is 0. The molecule has 0 bridgehead atoms. The van der Waals surface area contributed by atoms with E-state index >= 15 is 0 Å². The Kier molecular flexibility index (Phi) is 20.3. The normalized spacial score (nSPS) is 18.0. The van der Waals surface area contributed by atoms with Gasteiger partial charge < -0.3 is 14.9 Å². The fourth-order valence-electron chi connectivity index (χ4n) is 3.07. The summed E-state index contributed by atoms with van der Waals surface area (Å²) in [5.74, 6) is 0.976. The summed E-state index contributed by atoms with van der Waals surface area (Å²) >= 11 is 5.17. The molecule has 2 aliphatic carbocycles. The van der Waals surface area contributed by atoms with Crippen LogP contribution in [0.1, 0.15) is 37.4 Å². The zero-order chi connectivity index (χ0) is 19.1. The standard InChI is InChI=1S/2C11H11S.2CH3.2ClH.H2Si.Zr/c2*1-8-6-9(2)10(7-8)11-4-3-5-12-11;;;;;;/h2*3-5,7-8H,1-2H3;2*1H3;2*1H;1H2;/q4*-1;;;;. The molecule has 2 aromatic heterocycles. The minimum atomic E-state index is 0. The van der Waals surface area contributed by atoms with Crippen molar-refractivity contribution in [3.05, 3.63) is 95.1 Å². The van der Waals surface area contributed by atoms with Crippen molar-refractivity contribution in [3.63, 3.8) is 0 Å². The Morgan fingerprint density at radius 2 is 1.10 bits per heavy atom. The molecule has 2 unspecified atom stereocenters. The summed E-state index contributed by atoms with van der Waals surface area (Å²) in [6, 6.07) is 8.52. The van der Waals surface area contributed by atoms with Gasteiger partial charge in [-0.2, -0.15) is 46.0 Å². The predicted molar refractivity (Wildman–Crippen MR) is 144 cm³/mol. The van der Waals surface area contributed by atoms with Gasteiger partial charge in [0.2, 0.25) is 0 Å². The minimum absolute atomic E-state index is 0. The van der Waals surface area contributed by atoms with Gasteiger partial charge in [-0.15, -0.1) is 24.8 Å². The van der Waals surface area contributed by atoms with Crippen molar-refractivity contribution < 1.29 is 23.3 Å². The number of allylic oxidation sites excluding steroid dienone is 8. The third-order valence-corrected chi connectivity index (χ3v) is 5.91. The molecule has 0 N–H and O–H groups in total. The average molecular weight is 575 g/mol. The Labute approximate surface area is 221 Å². The van der Waals surface area contributed by atoms with E-state index in [-0.39, 0.29) is 39.7 Å². The second-order valence-electron chi connectivity index (χ2n) is 6.23. The van der Waals surface area contributed by atoms with Gasteiger partial charge in [0.1, 0.15) is 0 Å². The Morgan fingerprint density at radius 3 is 1.30 bits per heavy atom. The van der Waals surface area contributed by atoms with Gasteiger partial charge in [0.05, 0.1) is 0 Å². The molecule has 4 rings (SSSR count). The van der Waals surface area contributed by atoms with Gasteiger partial charge in [-0.1, -0.05) is 63.8 Å². The number of halogens is 2. The summed E-state index contributed by atoms with van der Waals surface area (Å²) in [6.07, 6.45) is 11.3. The van der Waals surface area contributed by atoms with Crippen molar-refractivity contribution in [2.24, 2.45) is 11.8 Å². The Balaban J connectivity index is -0.000000400. The molecule has 2 aliphatic rings. The van der Waals surface area contributed by atoms with Gasteiger partial charge in [0, 0.05) is 0 Å². The van der Waals surface area contributed by atoms with Gasteiger partial charge in [0.25, 0.3) is 0 Å². The van der Waals surface area contributed by atoms with Crippen molar-refractivity contribution in [1.82, 2.24) is 0 Å². The fraction of sp³-hybridized carbons (Fsp3) is 0.250. The van der Waals surface area contributed by atoms with Crippen LogP contribution in [0.15, 0.2) is 58.3 Å².